The fourth-order valence-electron chi connectivity index (χ4n) is 1.45. The summed E-state index contributed by atoms with van der Waals surface area (Å²) in [4.78, 5) is 8.85. The first kappa shape index (κ1) is 12.2. The molecule has 0 aliphatic rings. The van der Waals surface area contributed by atoms with E-state index in [1.807, 2.05) is 12.4 Å². The molecule has 0 amide bonds. The maximum atomic E-state index is 4.42. The van der Waals surface area contributed by atoms with E-state index in [0.717, 1.165) is 12.2 Å². The molecule has 0 spiro atoms. The van der Waals surface area contributed by atoms with Crippen LogP contribution >= 0.6 is 0 Å². The van der Waals surface area contributed by atoms with Crippen molar-refractivity contribution in [3.8, 4) is 0 Å². The molecule has 0 fully saturated rings. The van der Waals surface area contributed by atoms with Crippen molar-refractivity contribution in [1.29, 1.82) is 0 Å². The summed E-state index contributed by atoms with van der Waals surface area (Å²) >= 11 is 0. The Morgan fingerprint density at radius 1 is 0.933 bits per heavy atom. The summed E-state index contributed by atoms with van der Waals surface area (Å²) in [6.07, 6.45) is 4.94. The van der Waals surface area contributed by atoms with Gasteiger partial charge in [0.25, 0.3) is 0 Å². The topological polar surface area (TPSA) is 25.8 Å². The first-order chi connectivity index (χ1) is 6.68. The lowest BCUT2D eigenvalue weighted by atomic mass is 9.89. The second-order valence-corrected chi connectivity index (χ2v) is 6.40. The first-order valence-corrected chi connectivity index (χ1v) is 5.50. The Kier molecular flexibility index (Phi) is 3.17. The van der Waals surface area contributed by atoms with Crippen LogP contribution in [0.4, 0.5) is 0 Å². The Labute approximate surface area is 93.2 Å². The summed E-state index contributed by atoms with van der Waals surface area (Å²) in [6.45, 7) is 13.1. The average molecular weight is 206 g/mol. The van der Waals surface area contributed by atoms with Gasteiger partial charge in [-0.2, -0.15) is 0 Å². The molecule has 0 atom stereocenters. The molecule has 15 heavy (non-hydrogen) atoms. The van der Waals surface area contributed by atoms with E-state index in [4.69, 9.17) is 0 Å². The molecule has 0 saturated carbocycles. The third kappa shape index (κ3) is 3.98. The van der Waals surface area contributed by atoms with E-state index >= 15 is 0 Å². The highest BCUT2D eigenvalue weighted by Crippen LogP contribution is 2.21. The fourth-order valence-corrected chi connectivity index (χ4v) is 1.45. The fraction of sp³-hybridized carbons (Fsp3) is 0.692. The van der Waals surface area contributed by atoms with Crippen molar-refractivity contribution in [3.05, 3.63) is 23.8 Å². The third-order valence-corrected chi connectivity index (χ3v) is 2.11. The van der Waals surface area contributed by atoms with E-state index < -0.39 is 0 Å². The molecule has 1 aromatic rings. The van der Waals surface area contributed by atoms with Crippen LogP contribution in [0.3, 0.4) is 0 Å². The van der Waals surface area contributed by atoms with E-state index in [2.05, 4.69) is 51.5 Å². The summed E-state index contributed by atoms with van der Waals surface area (Å²) in [6, 6.07) is 0. The third-order valence-electron chi connectivity index (χ3n) is 2.11. The largest absolute Gasteiger partial charge is 0.241 e. The number of aromatic nitrogens is 2. The lowest BCUT2D eigenvalue weighted by Gasteiger charge is -2.19. The van der Waals surface area contributed by atoms with Crippen LogP contribution < -0.4 is 0 Å². The molecule has 1 heterocycles. The van der Waals surface area contributed by atoms with Crippen molar-refractivity contribution in [2.75, 3.05) is 0 Å². The summed E-state index contributed by atoms with van der Waals surface area (Å²) < 4.78 is 0. The molecule has 0 N–H and O–H groups in total. The van der Waals surface area contributed by atoms with Crippen LogP contribution in [0.15, 0.2) is 12.4 Å². The van der Waals surface area contributed by atoms with Gasteiger partial charge in [0.15, 0.2) is 0 Å². The van der Waals surface area contributed by atoms with Crippen molar-refractivity contribution in [1.82, 2.24) is 9.97 Å². The van der Waals surface area contributed by atoms with Crippen LogP contribution in [0, 0.1) is 5.41 Å². The molecular formula is C13H22N2. The number of hydrogen-bond acceptors (Lipinski definition) is 2. The highest BCUT2D eigenvalue weighted by molar-refractivity contribution is 5.10. The van der Waals surface area contributed by atoms with Crippen molar-refractivity contribution < 1.29 is 0 Å². The van der Waals surface area contributed by atoms with Gasteiger partial charge in [-0.25, -0.2) is 9.97 Å². The molecule has 0 aliphatic carbocycles. The molecule has 2 nitrogen and oxygen atoms in total. The monoisotopic (exact) mass is 206 g/mol. The van der Waals surface area contributed by atoms with Gasteiger partial charge in [0.2, 0.25) is 0 Å². The zero-order valence-electron chi connectivity index (χ0n) is 10.8. The van der Waals surface area contributed by atoms with Gasteiger partial charge in [0, 0.05) is 17.8 Å². The van der Waals surface area contributed by atoms with Crippen LogP contribution in [-0.2, 0) is 11.8 Å². The van der Waals surface area contributed by atoms with Gasteiger partial charge in [-0.05, 0) is 17.4 Å². The molecule has 0 aliphatic heterocycles. The zero-order valence-corrected chi connectivity index (χ0v) is 10.8. The second-order valence-electron chi connectivity index (χ2n) is 6.40. The van der Waals surface area contributed by atoms with Crippen LogP contribution in [-0.4, -0.2) is 9.97 Å². The van der Waals surface area contributed by atoms with E-state index in [1.54, 1.807) is 0 Å². The van der Waals surface area contributed by atoms with Gasteiger partial charge in [0.1, 0.15) is 5.82 Å². The van der Waals surface area contributed by atoms with E-state index in [9.17, 15) is 0 Å². The predicted octanol–water partition coefficient (Wildman–Crippen LogP) is 3.36. The highest BCUT2D eigenvalue weighted by Gasteiger charge is 2.17. The molecule has 0 radical (unpaired) electrons. The molecule has 1 aromatic heterocycles. The Morgan fingerprint density at radius 3 is 1.73 bits per heavy atom. The van der Waals surface area contributed by atoms with Gasteiger partial charge >= 0.3 is 0 Å². The quantitative estimate of drug-likeness (QED) is 0.704. The lowest BCUT2D eigenvalue weighted by Crippen LogP contribution is -2.17. The molecule has 84 valence electrons. The summed E-state index contributed by atoms with van der Waals surface area (Å²) in [5.74, 6) is 0.917. The van der Waals surface area contributed by atoms with E-state index in [-0.39, 0.29) is 5.41 Å². The van der Waals surface area contributed by atoms with Crippen molar-refractivity contribution >= 4 is 0 Å². The average Bonchev–Trinajstić information content (AvgIpc) is 2.00. The zero-order chi connectivity index (χ0) is 11.7. The standard InChI is InChI=1S/C13H22N2/c1-12(2,3)7-10-8-14-11(15-9-10)13(4,5)6/h8-9H,7H2,1-6H3. The minimum Gasteiger partial charge on any atom is -0.241 e. The first-order valence-electron chi connectivity index (χ1n) is 5.50. The Morgan fingerprint density at radius 2 is 1.40 bits per heavy atom. The normalized spacial score (nSPS) is 12.9. The van der Waals surface area contributed by atoms with Gasteiger partial charge in [-0.3, -0.25) is 0 Å². The van der Waals surface area contributed by atoms with Gasteiger partial charge in [-0.15, -0.1) is 0 Å². The van der Waals surface area contributed by atoms with Crippen LogP contribution in [0.25, 0.3) is 0 Å². The summed E-state index contributed by atoms with van der Waals surface area (Å²) in [5, 5.41) is 0. The Bertz CT molecular complexity index is 312. The van der Waals surface area contributed by atoms with Crippen LogP contribution in [0.2, 0.25) is 0 Å². The molecular weight excluding hydrogens is 184 g/mol. The minimum absolute atomic E-state index is 0.0419. The van der Waals surface area contributed by atoms with E-state index in [1.165, 1.54) is 5.56 Å². The number of hydrogen-bond donors (Lipinski definition) is 0. The minimum atomic E-state index is 0.0419. The van der Waals surface area contributed by atoms with Crippen molar-refractivity contribution in [3.63, 3.8) is 0 Å². The molecule has 0 unspecified atom stereocenters. The van der Waals surface area contributed by atoms with Crippen molar-refractivity contribution in [2.24, 2.45) is 5.41 Å². The van der Waals surface area contributed by atoms with E-state index in [0.29, 0.717) is 5.41 Å². The summed E-state index contributed by atoms with van der Waals surface area (Å²) in [7, 11) is 0. The molecule has 0 saturated heterocycles. The molecule has 2 heteroatoms. The SMILES string of the molecule is CC(C)(C)Cc1cnc(C(C)(C)C)nc1. The predicted molar refractivity (Wildman–Crippen MR) is 63.9 cm³/mol. The van der Waals surface area contributed by atoms with Gasteiger partial charge in [0.05, 0.1) is 0 Å². The lowest BCUT2D eigenvalue weighted by molar-refractivity contribution is 0.409. The molecule has 0 bridgehead atoms. The maximum Gasteiger partial charge on any atom is 0.133 e. The number of rotatable bonds is 1. The Hall–Kier alpha value is -0.920. The van der Waals surface area contributed by atoms with Crippen LogP contribution in [0.1, 0.15) is 52.9 Å². The second kappa shape index (κ2) is 3.92. The van der Waals surface area contributed by atoms with Crippen molar-refractivity contribution in [2.45, 2.75) is 53.4 Å². The smallest absolute Gasteiger partial charge is 0.133 e. The highest BCUT2D eigenvalue weighted by atomic mass is 14.9. The van der Waals surface area contributed by atoms with Gasteiger partial charge < -0.3 is 0 Å². The summed E-state index contributed by atoms with van der Waals surface area (Å²) in [5.41, 5.74) is 1.56. The van der Waals surface area contributed by atoms with Gasteiger partial charge in [-0.1, -0.05) is 41.5 Å². The molecule has 1 rings (SSSR count). The number of nitrogens with zero attached hydrogens (tertiary/aromatic N) is 2. The Balaban J connectivity index is 2.82. The molecule has 0 aromatic carbocycles. The van der Waals surface area contributed by atoms with Crippen LogP contribution in [0.5, 0.6) is 0 Å². The maximum absolute atomic E-state index is 4.42.